The van der Waals surface area contributed by atoms with E-state index in [1.54, 1.807) is 0 Å². The highest BCUT2D eigenvalue weighted by atomic mass is 16.5. The molecule has 1 heterocycles. The van der Waals surface area contributed by atoms with Crippen LogP contribution in [-0.2, 0) is 6.42 Å². The van der Waals surface area contributed by atoms with E-state index < -0.39 is 0 Å². The number of nitrogens with zero attached hydrogens (tertiary/aromatic N) is 2. The van der Waals surface area contributed by atoms with Gasteiger partial charge < -0.3 is 10.3 Å². The van der Waals surface area contributed by atoms with Crippen LogP contribution in [0.2, 0.25) is 0 Å². The minimum Gasteiger partial charge on any atom is -0.334 e. The summed E-state index contributed by atoms with van der Waals surface area (Å²) in [6.45, 7) is 3.93. The Morgan fingerprint density at radius 1 is 1.38 bits per heavy atom. The molecule has 1 atom stereocenters. The number of benzene rings is 1. The predicted molar refractivity (Wildman–Crippen MR) is 61.7 cm³/mol. The van der Waals surface area contributed by atoms with Crippen LogP contribution >= 0.6 is 0 Å². The van der Waals surface area contributed by atoms with Crippen molar-refractivity contribution in [3.8, 4) is 11.5 Å². The largest absolute Gasteiger partial charge is 0.334 e. The van der Waals surface area contributed by atoms with Crippen LogP contribution in [0.25, 0.3) is 11.5 Å². The number of hydrogen-bond acceptors (Lipinski definition) is 4. The maximum absolute atomic E-state index is 5.69. The van der Waals surface area contributed by atoms with Crippen molar-refractivity contribution >= 4 is 0 Å². The van der Waals surface area contributed by atoms with E-state index in [0.717, 1.165) is 12.0 Å². The highest BCUT2D eigenvalue weighted by Gasteiger charge is 2.13. The topological polar surface area (TPSA) is 64.9 Å². The van der Waals surface area contributed by atoms with Crippen LogP contribution in [0.4, 0.5) is 0 Å². The first-order valence-electron chi connectivity index (χ1n) is 5.39. The molecule has 0 radical (unpaired) electrons. The van der Waals surface area contributed by atoms with Crippen LogP contribution in [0, 0.1) is 0 Å². The molecule has 0 amide bonds. The highest BCUT2D eigenvalue weighted by molar-refractivity contribution is 5.58. The molecule has 2 rings (SSSR count). The van der Waals surface area contributed by atoms with Crippen molar-refractivity contribution in [2.75, 3.05) is 0 Å². The Kier molecular flexibility index (Phi) is 3.01. The third kappa shape index (κ3) is 1.97. The number of hydrogen-bond donors (Lipinski definition) is 1. The van der Waals surface area contributed by atoms with Crippen LogP contribution in [0.3, 0.4) is 0 Å². The molecule has 1 aromatic carbocycles. The van der Waals surface area contributed by atoms with Gasteiger partial charge in [0.1, 0.15) is 0 Å². The van der Waals surface area contributed by atoms with Gasteiger partial charge in [-0.2, -0.15) is 4.98 Å². The van der Waals surface area contributed by atoms with Gasteiger partial charge in [0.2, 0.25) is 0 Å². The van der Waals surface area contributed by atoms with Gasteiger partial charge in [0, 0.05) is 5.56 Å². The molecule has 4 nitrogen and oxygen atoms in total. The van der Waals surface area contributed by atoms with E-state index in [2.05, 4.69) is 23.1 Å². The Hall–Kier alpha value is -1.68. The Morgan fingerprint density at radius 2 is 2.12 bits per heavy atom. The fourth-order valence-corrected chi connectivity index (χ4v) is 1.57. The predicted octanol–water partition coefficient (Wildman–Crippen LogP) is 2.32. The fraction of sp³-hybridized carbons (Fsp3) is 0.333. The average Bonchev–Trinajstić information content (AvgIpc) is 2.78. The SMILES string of the molecule is CCc1ccccc1-c1nc(C(C)N)no1. The Morgan fingerprint density at radius 3 is 2.75 bits per heavy atom. The Labute approximate surface area is 94.5 Å². The number of rotatable bonds is 3. The lowest BCUT2D eigenvalue weighted by Crippen LogP contribution is -2.06. The first-order chi connectivity index (χ1) is 7.72. The molecular formula is C12H15N3O. The molecule has 0 aliphatic rings. The maximum Gasteiger partial charge on any atom is 0.258 e. The van der Waals surface area contributed by atoms with E-state index in [4.69, 9.17) is 10.3 Å². The van der Waals surface area contributed by atoms with Crippen molar-refractivity contribution in [1.29, 1.82) is 0 Å². The molecule has 0 bridgehead atoms. The monoisotopic (exact) mass is 217 g/mol. The number of aromatic nitrogens is 2. The van der Waals surface area contributed by atoms with Gasteiger partial charge in [0.25, 0.3) is 5.89 Å². The van der Waals surface area contributed by atoms with Crippen LogP contribution in [-0.4, -0.2) is 10.1 Å². The van der Waals surface area contributed by atoms with Crippen molar-refractivity contribution in [2.45, 2.75) is 26.3 Å². The Bertz CT molecular complexity index is 477. The summed E-state index contributed by atoms with van der Waals surface area (Å²) in [5.41, 5.74) is 7.88. The number of aryl methyl sites for hydroxylation is 1. The third-order valence-electron chi connectivity index (χ3n) is 2.48. The van der Waals surface area contributed by atoms with Crippen LogP contribution < -0.4 is 5.73 Å². The van der Waals surface area contributed by atoms with E-state index >= 15 is 0 Å². The molecule has 4 heteroatoms. The quantitative estimate of drug-likeness (QED) is 0.856. The second kappa shape index (κ2) is 4.45. The molecule has 2 N–H and O–H groups in total. The summed E-state index contributed by atoms with van der Waals surface area (Å²) in [4.78, 5) is 4.29. The standard InChI is InChI=1S/C12H15N3O/c1-3-9-6-4-5-7-10(9)12-14-11(8(2)13)15-16-12/h4-8H,3,13H2,1-2H3. The molecular weight excluding hydrogens is 202 g/mol. The van der Waals surface area contributed by atoms with Crippen LogP contribution in [0.5, 0.6) is 0 Å². The minimum absolute atomic E-state index is 0.203. The van der Waals surface area contributed by atoms with E-state index in [9.17, 15) is 0 Å². The van der Waals surface area contributed by atoms with E-state index in [-0.39, 0.29) is 6.04 Å². The van der Waals surface area contributed by atoms with Crippen molar-refractivity contribution in [3.63, 3.8) is 0 Å². The van der Waals surface area contributed by atoms with E-state index in [1.807, 2.05) is 25.1 Å². The summed E-state index contributed by atoms with van der Waals surface area (Å²) in [5.74, 6) is 1.09. The lowest BCUT2D eigenvalue weighted by atomic mass is 10.1. The lowest BCUT2D eigenvalue weighted by molar-refractivity contribution is 0.418. The van der Waals surface area contributed by atoms with Gasteiger partial charge in [0.15, 0.2) is 5.82 Å². The maximum atomic E-state index is 5.69. The molecule has 0 aliphatic heterocycles. The molecule has 0 aliphatic carbocycles. The van der Waals surface area contributed by atoms with Crippen LogP contribution in [0.1, 0.15) is 31.3 Å². The third-order valence-corrected chi connectivity index (χ3v) is 2.48. The summed E-state index contributed by atoms with van der Waals surface area (Å²) < 4.78 is 5.21. The van der Waals surface area contributed by atoms with Gasteiger partial charge in [-0.25, -0.2) is 0 Å². The molecule has 0 spiro atoms. The molecule has 1 aromatic heterocycles. The smallest absolute Gasteiger partial charge is 0.258 e. The zero-order chi connectivity index (χ0) is 11.5. The number of nitrogens with two attached hydrogens (primary N) is 1. The molecule has 0 saturated carbocycles. The van der Waals surface area contributed by atoms with Crippen molar-refractivity contribution in [3.05, 3.63) is 35.7 Å². The molecule has 16 heavy (non-hydrogen) atoms. The van der Waals surface area contributed by atoms with Gasteiger partial charge in [-0.1, -0.05) is 30.3 Å². The van der Waals surface area contributed by atoms with Gasteiger partial charge in [0.05, 0.1) is 6.04 Å². The summed E-state index contributed by atoms with van der Waals surface area (Å²) in [6, 6.07) is 7.81. The van der Waals surface area contributed by atoms with E-state index in [0.29, 0.717) is 11.7 Å². The van der Waals surface area contributed by atoms with Crippen LogP contribution in [0.15, 0.2) is 28.8 Å². The fourth-order valence-electron chi connectivity index (χ4n) is 1.57. The van der Waals surface area contributed by atoms with Crippen molar-refractivity contribution < 1.29 is 4.52 Å². The highest BCUT2D eigenvalue weighted by Crippen LogP contribution is 2.23. The summed E-state index contributed by atoms with van der Waals surface area (Å²) in [6.07, 6.45) is 0.937. The van der Waals surface area contributed by atoms with E-state index in [1.165, 1.54) is 5.56 Å². The molecule has 2 aromatic rings. The molecule has 84 valence electrons. The summed E-state index contributed by atoms with van der Waals surface area (Å²) >= 11 is 0. The zero-order valence-electron chi connectivity index (χ0n) is 9.47. The van der Waals surface area contributed by atoms with Crippen molar-refractivity contribution in [1.82, 2.24) is 10.1 Å². The minimum atomic E-state index is -0.203. The normalized spacial score (nSPS) is 12.7. The van der Waals surface area contributed by atoms with Gasteiger partial charge in [-0.3, -0.25) is 0 Å². The summed E-state index contributed by atoms with van der Waals surface area (Å²) in [5, 5.41) is 3.86. The Balaban J connectivity index is 2.42. The summed E-state index contributed by atoms with van der Waals surface area (Å²) in [7, 11) is 0. The second-order valence-electron chi connectivity index (χ2n) is 3.76. The van der Waals surface area contributed by atoms with Gasteiger partial charge >= 0.3 is 0 Å². The second-order valence-corrected chi connectivity index (χ2v) is 3.76. The van der Waals surface area contributed by atoms with Gasteiger partial charge in [-0.05, 0) is 25.0 Å². The average molecular weight is 217 g/mol. The lowest BCUT2D eigenvalue weighted by Gasteiger charge is -2.01. The first kappa shape index (κ1) is 10.8. The first-order valence-corrected chi connectivity index (χ1v) is 5.39. The van der Waals surface area contributed by atoms with Gasteiger partial charge in [-0.15, -0.1) is 0 Å². The van der Waals surface area contributed by atoms with Crippen molar-refractivity contribution in [2.24, 2.45) is 5.73 Å². The molecule has 0 fully saturated rings. The zero-order valence-corrected chi connectivity index (χ0v) is 9.47. The molecule has 1 unspecified atom stereocenters. The molecule has 0 saturated heterocycles.